The normalized spacial score (nSPS) is 17.3. The van der Waals surface area contributed by atoms with E-state index in [0.29, 0.717) is 53.6 Å². The molecule has 46 heavy (non-hydrogen) atoms. The molecular weight excluding hydrogens is 584 g/mol. The lowest BCUT2D eigenvalue weighted by Crippen LogP contribution is -2.47. The highest BCUT2D eigenvalue weighted by molar-refractivity contribution is 6.05. The van der Waals surface area contributed by atoms with Crippen LogP contribution in [0, 0.1) is 5.92 Å². The Morgan fingerprint density at radius 2 is 1.78 bits per heavy atom. The summed E-state index contributed by atoms with van der Waals surface area (Å²) in [5.41, 5.74) is 9.80. The standard InChI is InChI=1S/C35H46N6O5/c1-22(2)37-35(45)38-28-14-15-31-27(16-28)17-33(43)41(24(4)21-42)18-23(3)32(46-31)20-40(5)19-25-10-12-26(13-11-25)34(44)39-30-9-7-6-8-29(30)36/h6-16,22-24,32,42H,17-21,36H2,1-5H3,(H,39,44)(H2,37,38,45)/t23-,24-,32-/m0/s1. The molecule has 3 atom stereocenters. The van der Waals surface area contributed by atoms with E-state index in [1.807, 2.05) is 59.0 Å². The second-order valence-electron chi connectivity index (χ2n) is 12.4. The number of benzene rings is 3. The predicted octanol–water partition coefficient (Wildman–Crippen LogP) is 4.33. The molecule has 0 aliphatic carbocycles. The molecule has 11 nitrogen and oxygen atoms in total. The number of amides is 4. The number of nitrogens with zero attached hydrogens (tertiary/aromatic N) is 2. The molecule has 6 N–H and O–H groups in total. The zero-order valence-electron chi connectivity index (χ0n) is 27.2. The number of ether oxygens (including phenoxy) is 1. The van der Waals surface area contributed by atoms with Crippen molar-refractivity contribution in [2.75, 3.05) is 43.1 Å². The van der Waals surface area contributed by atoms with Gasteiger partial charge in [0.1, 0.15) is 11.9 Å². The van der Waals surface area contributed by atoms with Crippen molar-refractivity contribution in [3.8, 4) is 5.75 Å². The largest absolute Gasteiger partial charge is 0.488 e. The van der Waals surface area contributed by atoms with Crippen LogP contribution < -0.4 is 26.4 Å². The number of carbonyl (C=O) groups is 3. The molecular formula is C35H46N6O5. The molecule has 0 saturated carbocycles. The molecule has 0 saturated heterocycles. The molecule has 0 bridgehead atoms. The molecule has 11 heteroatoms. The summed E-state index contributed by atoms with van der Waals surface area (Å²) >= 11 is 0. The van der Waals surface area contributed by atoms with Crippen LogP contribution in [0.2, 0.25) is 0 Å². The number of aliphatic hydroxyl groups excluding tert-OH is 1. The Hall–Kier alpha value is -4.61. The highest BCUT2D eigenvalue weighted by atomic mass is 16.5. The number of nitrogens with one attached hydrogen (secondary N) is 3. The van der Waals surface area contributed by atoms with Crippen LogP contribution in [0.25, 0.3) is 0 Å². The maximum absolute atomic E-state index is 13.5. The molecule has 1 aliphatic rings. The van der Waals surface area contributed by atoms with Gasteiger partial charge in [0.25, 0.3) is 5.91 Å². The zero-order valence-corrected chi connectivity index (χ0v) is 27.2. The van der Waals surface area contributed by atoms with Crippen LogP contribution in [0.1, 0.15) is 49.2 Å². The van der Waals surface area contributed by atoms with Crippen molar-refractivity contribution >= 4 is 34.9 Å². The monoisotopic (exact) mass is 630 g/mol. The van der Waals surface area contributed by atoms with E-state index in [9.17, 15) is 19.5 Å². The fourth-order valence-electron chi connectivity index (χ4n) is 5.40. The minimum absolute atomic E-state index is 0.0255. The van der Waals surface area contributed by atoms with Gasteiger partial charge in [-0.3, -0.25) is 14.5 Å². The van der Waals surface area contributed by atoms with Crippen molar-refractivity contribution in [2.45, 2.75) is 58.8 Å². The fourth-order valence-corrected chi connectivity index (χ4v) is 5.40. The Bertz CT molecular complexity index is 1510. The number of para-hydroxylation sites is 2. The van der Waals surface area contributed by atoms with Crippen LogP contribution in [0.3, 0.4) is 0 Å². The summed E-state index contributed by atoms with van der Waals surface area (Å²) in [5, 5.41) is 18.4. The van der Waals surface area contributed by atoms with Gasteiger partial charge in [-0.25, -0.2) is 4.79 Å². The Kier molecular flexibility index (Phi) is 11.6. The minimum Gasteiger partial charge on any atom is -0.488 e. The second-order valence-corrected chi connectivity index (χ2v) is 12.4. The van der Waals surface area contributed by atoms with Gasteiger partial charge in [-0.2, -0.15) is 0 Å². The summed E-state index contributed by atoms with van der Waals surface area (Å²) in [6.45, 7) is 9.07. The molecule has 1 heterocycles. The van der Waals surface area contributed by atoms with Crippen molar-refractivity contribution in [3.05, 3.63) is 83.4 Å². The molecule has 3 aromatic rings. The van der Waals surface area contributed by atoms with Crippen LogP contribution in [-0.4, -0.2) is 77.7 Å². The van der Waals surface area contributed by atoms with E-state index < -0.39 is 0 Å². The predicted molar refractivity (Wildman–Crippen MR) is 181 cm³/mol. The molecule has 4 rings (SSSR count). The highest BCUT2D eigenvalue weighted by Crippen LogP contribution is 2.29. The maximum atomic E-state index is 13.5. The Morgan fingerprint density at radius 3 is 2.46 bits per heavy atom. The molecule has 246 valence electrons. The number of rotatable bonds is 10. The summed E-state index contributed by atoms with van der Waals surface area (Å²) < 4.78 is 6.61. The van der Waals surface area contributed by atoms with Gasteiger partial charge in [-0.15, -0.1) is 0 Å². The lowest BCUT2D eigenvalue weighted by atomic mass is 10.0. The number of hydrogen-bond donors (Lipinski definition) is 5. The van der Waals surface area contributed by atoms with Crippen LogP contribution in [0.4, 0.5) is 21.9 Å². The minimum atomic E-state index is -0.359. The van der Waals surface area contributed by atoms with E-state index in [2.05, 4.69) is 20.9 Å². The van der Waals surface area contributed by atoms with E-state index >= 15 is 0 Å². The Morgan fingerprint density at radius 1 is 1.07 bits per heavy atom. The third-order valence-corrected chi connectivity index (χ3v) is 7.96. The van der Waals surface area contributed by atoms with Gasteiger partial charge in [0.05, 0.1) is 30.4 Å². The lowest BCUT2D eigenvalue weighted by molar-refractivity contribution is -0.134. The summed E-state index contributed by atoms with van der Waals surface area (Å²) in [4.78, 5) is 42.4. The topological polar surface area (TPSA) is 149 Å². The Balaban J connectivity index is 1.49. The number of hydrogen-bond acceptors (Lipinski definition) is 7. The maximum Gasteiger partial charge on any atom is 0.319 e. The fraction of sp³-hybridized carbons (Fsp3) is 0.400. The molecule has 0 aromatic heterocycles. The van der Waals surface area contributed by atoms with Gasteiger partial charge in [-0.1, -0.05) is 31.2 Å². The Labute approximate surface area is 271 Å². The average molecular weight is 631 g/mol. The van der Waals surface area contributed by atoms with Gasteiger partial charge in [-0.05, 0) is 75.8 Å². The number of anilines is 3. The molecule has 0 unspecified atom stereocenters. The molecule has 0 spiro atoms. The van der Waals surface area contributed by atoms with Crippen LogP contribution in [-0.2, 0) is 17.8 Å². The van der Waals surface area contributed by atoms with Gasteiger partial charge < -0.3 is 36.4 Å². The number of nitrogen functional groups attached to an aromatic ring is 1. The highest BCUT2D eigenvalue weighted by Gasteiger charge is 2.31. The third-order valence-electron chi connectivity index (χ3n) is 7.96. The van der Waals surface area contributed by atoms with Crippen molar-refractivity contribution in [2.24, 2.45) is 5.92 Å². The number of aliphatic hydroxyl groups is 1. The first kappa shape index (κ1) is 34.3. The van der Waals surface area contributed by atoms with E-state index in [1.54, 1.807) is 47.4 Å². The number of nitrogens with two attached hydrogens (primary N) is 1. The van der Waals surface area contributed by atoms with Gasteiger partial charge in [0, 0.05) is 48.4 Å². The zero-order chi connectivity index (χ0) is 33.4. The number of fused-ring (bicyclic) bond motifs is 1. The van der Waals surface area contributed by atoms with Gasteiger partial charge in [0.2, 0.25) is 5.91 Å². The van der Waals surface area contributed by atoms with Gasteiger partial charge in [0.15, 0.2) is 0 Å². The first-order valence-electron chi connectivity index (χ1n) is 15.6. The summed E-state index contributed by atoms with van der Waals surface area (Å²) in [6.07, 6.45) is -0.208. The third kappa shape index (κ3) is 9.21. The number of urea groups is 1. The molecule has 3 aromatic carbocycles. The average Bonchev–Trinajstić information content (AvgIpc) is 3.05. The number of likely N-dealkylation sites (N-methyl/N-ethyl adjacent to an activating group) is 1. The first-order valence-corrected chi connectivity index (χ1v) is 15.6. The van der Waals surface area contributed by atoms with E-state index in [1.165, 1.54) is 0 Å². The van der Waals surface area contributed by atoms with E-state index in [4.69, 9.17) is 10.5 Å². The SMILES string of the molecule is CC(C)NC(=O)Nc1ccc2c(c1)CC(=O)N([C@@H](C)CO)C[C@H](C)[C@H](CN(C)Cc1ccc(C(=O)Nc3ccccc3N)cc1)O2. The van der Waals surface area contributed by atoms with Crippen LogP contribution in [0.5, 0.6) is 5.75 Å². The molecule has 1 aliphatic heterocycles. The second kappa shape index (κ2) is 15.6. The lowest BCUT2D eigenvalue weighted by Gasteiger charge is -2.34. The summed E-state index contributed by atoms with van der Waals surface area (Å²) in [5.74, 6) is 0.174. The molecule has 0 fully saturated rings. The van der Waals surface area contributed by atoms with Crippen molar-refractivity contribution < 1.29 is 24.2 Å². The quantitative estimate of drug-likeness (QED) is 0.209. The van der Waals surface area contributed by atoms with E-state index in [-0.39, 0.29) is 55.0 Å². The molecule has 0 radical (unpaired) electrons. The van der Waals surface area contributed by atoms with Crippen molar-refractivity contribution in [3.63, 3.8) is 0 Å². The van der Waals surface area contributed by atoms with Crippen LogP contribution >= 0.6 is 0 Å². The smallest absolute Gasteiger partial charge is 0.319 e. The van der Waals surface area contributed by atoms with Crippen LogP contribution in [0.15, 0.2) is 66.7 Å². The van der Waals surface area contributed by atoms with Crippen molar-refractivity contribution in [1.29, 1.82) is 0 Å². The first-order chi connectivity index (χ1) is 21.9. The van der Waals surface area contributed by atoms with Crippen molar-refractivity contribution in [1.82, 2.24) is 15.1 Å². The molecule has 4 amide bonds. The van der Waals surface area contributed by atoms with E-state index in [0.717, 1.165) is 5.56 Å². The summed E-state index contributed by atoms with van der Waals surface area (Å²) in [7, 11) is 2.00. The van der Waals surface area contributed by atoms with Gasteiger partial charge >= 0.3 is 6.03 Å². The summed E-state index contributed by atoms with van der Waals surface area (Å²) in [6, 6.07) is 19.2. The number of carbonyl (C=O) groups excluding carboxylic acids is 3.